The first-order valence-electron chi connectivity index (χ1n) is 9.18. The molecule has 3 saturated heterocycles. The van der Waals surface area contributed by atoms with Gasteiger partial charge in [-0.05, 0) is 72.5 Å². The highest BCUT2D eigenvalue weighted by Gasteiger charge is 2.48. The van der Waals surface area contributed by atoms with Gasteiger partial charge in [-0.2, -0.15) is 0 Å². The van der Waals surface area contributed by atoms with Gasteiger partial charge in [0.25, 0.3) is 0 Å². The Morgan fingerprint density at radius 2 is 1.48 bits per heavy atom. The Balaban J connectivity index is 1.40. The molecule has 0 radical (unpaired) electrons. The second-order valence-electron chi connectivity index (χ2n) is 8.56. The zero-order chi connectivity index (χ0) is 15.0. The molecular formula is C18H35N3. The van der Waals surface area contributed by atoms with Crippen molar-refractivity contribution in [2.75, 3.05) is 45.8 Å². The molecule has 0 N–H and O–H groups in total. The van der Waals surface area contributed by atoms with E-state index in [0.29, 0.717) is 5.41 Å². The number of hydrogen-bond acceptors (Lipinski definition) is 3. The average molecular weight is 293 g/mol. The summed E-state index contributed by atoms with van der Waals surface area (Å²) in [6.45, 7) is 18.8. The molecule has 3 aliphatic rings. The maximum atomic E-state index is 2.79. The lowest BCUT2D eigenvalue weighted by Gasteiger charge is -2.50. The van der Waals surface area contributed by atoms with Gasteiger partial charge in [-0.25, -0.2) is 0 Å². The van der Waals surface area contributed by atoms with Gasteiger partial charge in [0.05, 0.1) is 0 Å². The molecule has 21 heavy (non-hydrogen) atoms. The van der Waals surface area contributed by atoms with Crippen molar-refractivity contribution in [3.8, 4) is 0 Å². The molecule has 0 bridgehead atoms. The Morgan fingerprint density at radius 1 is 0.857 bits per heavy atom. The number of nitrogens with zero attached hydrogens (tertiary/aromatic N) is 3. The molecule has 0 amide bonds. The largest absolute Gasteiger partial charge is 0.302 e. The highest BCUT2D eigenvalue weighted by molar-refractivity contribution is 5.02. The molecule has 3 fully saturated rings. The van der Waals surface area contributed by atoms with Crippen LogP contribution in [0.4, 0.5) is 0 Å². The molecule has 0 atom stereocenters. The van der Waals surface area contributed by atoms with E-state index in [4.69, 9.17) is 0 Å². The van der Waals surface area contributed by atoms with E-state index in [1.807, 2.05) is 0 Å². The van der Waals surface area contributed by atoms with Gasteiger partial charge in [-0.3, -0.25) is 4.90 Å². The topological polar surface area (TPSA) is 9.72 Å². The Morgan fingerprint density at radius 3 is 2.05 bits per heavy atom. The van der Waals surface area contributed by atoms with E-state index in [1.54, 1.807) is 0 Å². The van der Waals surface area contributed by atoms with E-state index in [2.05, 4.69) is 42.4 Å². The van der Waals surface area contributed by atoms with Gasteiger partial charge in [-0.15, -0.1) is 0 Å². The monoisotopic (exact) mass is 293 g/mol. The van der Waals surface area contributed by atoms with Crippen LogP contribution in [0.25, 0.3) is 0 Å². The van der Waals surface area contributed by atoms with E-state index in [1.165, 1.54) is 65.1 Å². The standard InChI is InChI=1S/C18H35N3/c1-15(2)20-8-5-17(6-9-20)11-19-10-7-18(12-19)13-21(14-18)16(3)4/h15-17H,5-14H2,1-4H3. The molecule has 3 heterocycles. The predicted molar refractivity (Wildman–Crippen MR) is 89.6 cm³/mol. The van der Waals surface area contributed by atoms with Crippen molar-refractivity contribution in [1.29, 1.82) is 0 Å². The minimum atomic E-state index is 0.670. The maximum absolute atomic E-state index is 2.79. The van der Waals surface area contributed by atoms with Crippen molar-refractivity contribution in [3.63, 3.8) is 0 Å². The van der Waals surface area contributed by atoms with Crippen molar-refractivity contribution < 1.29 is 0 Å². The van der Waals surface area contributed by atoms with Gasteiger partial charge < -0.3 is 9.80 Å². The van der Waals surface area contributed by atoms with Crippen molar-refractivity contribution >= 4 is 0 Å². The third-order valence-electron chi connectivity index (χ3n) is 6.22. The van der Waals surface area contributed by atoms with E-state index in [0.717, 1.165) is 18.0 Å². The molecule has 0 aromatic rings. The van der Waals surface area contributed by atoms with E-state index >= 15 is 0 Å². The quantitative estimate of drug-likeness (QED) is 0.788. The Hall–Kier alpha value is -0.120. The highest BCUT2D eigenvalue weighted by Crippen LogP contribution is 2.40. The molecular weight excluding hydrogens is 258 g/mol. The van der Waals surface area contributed by atoms with Gasteiger partial charge in [-0.1, -0.05) is 0 Å². The van der Waals surface area contributed by atoms with Crippen LogP contribution in [0, 0.1) is 11.3 Å². The summed E-state index contributed by atoms with van der Waals surface area (Å²) in [5.41, 5.74) is 0.670. The third kappa shape index (κ3) is 3.46. The normalized spacial score (nSPS) is 28.9. The fourth-order valence-electron chi connectivity index (χ4n) is 4.64. The van der Waals surface area contributed by atoms with Crippen LogP contribution in [0.2, 0.25) is 0 Å². The molecule has 3 heteroatoms. The lowest BCUT2D eigenvalue weighted by Crippen LogP contribution is -2.59. The van der Waals surface area contributed by atoms with Gasteiger partial charge in [0.1, 0.15) is 0 Å². The smallest absolute Gasteiger partial charge is 0.00971 e. The maximum Gasteiger partial charge on any atom is 0.00971 e. The van der Waals surface area contributed by atoms with E-state index < -0.39 is 0 Å². The molecule has 0 unspecified atom stereocenters. The summed E-state index contributed by atoms with van der Waals surface area (Å²) in [5, 5.41) is 0. The van der Waals surface area contributed by atoms with Crippen LogP contribution in [0.3, 0.4) is 0 Å². The molecule has 0 aromatic carbocycles. The number of rotatable bonds is 4. The van der Waals surface area contributed by atoms with Gasteiger partial charge in [0, 0.05) is 43.7 Å². The van der Waals surface area contributed by atoms with Crippen LogP contribution in [-0.4, -0.2) is 72.6 Å². The fourth-order valence-corrected chi connectivity index (χ4v) is 4.64. The zero-order valence-electron chi connectivity index (χ0n) is 14.6. The molecule has 3 aliphatic heterocycles. The average Bonchev–Trinajstić information content (AvgIpc) is 2.81. The van der Waals surface area contributed by atoms with Crippen LogP contribution < -0.4 is 0 Å². The van der Waals surface area contributed by atoms with Crippen molar-refractivity contribution in [3.05, 3.63) is 0 Å². The van der Waals surface area contributed by atoms with Crippen LogP contribution in [0.5, 0.6) is 0 Å². The summed E-state index contributed by atoms with van der Waals surface area (Å²) in [6.07, 6.45) is 4.28. The van der Waals surface area contributed by atoms with Gasteiger partial charge in [0.15, 0.2) is 0 Å². The first-order valence-corrected chi connectivity index (χ1v) is 9.18. The molecule has 1 spiro atoms. The van der Waals surface area contributed by atoms with Crippen LogP contribution in [-0.2, 0) is 0 Å². The van der Waals surface area contributed by atoms with E-state index in [9.17, 15) is 0 Å². The third-order valence-corrected chi connectivity index (χ3v) is 6.22. The lowest BCUT2D eigenvalue weighted by atomic mass is 9.78. The minimum absolute atomic E-state index is 0.670. The summed E-state index contributed by atoms with van der Waals surface area (Å²) in [4.78, 5) is 8.08. The molecule has 122 valence electrons. The minimum Gasteiger partial charge on any atom is -0.302 e. The summed E-state index contributed by atoms with van der Waals surface area (Å²) in [5.74, 6) is 0.955. The van der Waals surface area contributed by atoms with Crippen molar-refractivity contribution in [2.45, 2.75) is 59.0 Å². The molecule has 0 aromatic heterocycles. The summed E-state index contributed by atoms with van der Waals surface area (Å²) in [6, 6.07) is 1.48. The zero-order valence-corrected chi connectivity index (χ0v) is 14.6. The van der Waals surface area contributed by atoms with Crippen LogP contribution >= 0.6 is 0 Å². The fraction of sp³-hybridized carbons (Fsp3) is 1.00. The molecule has 3 nitrogen and oxygen atoms in total. The molecule has 0 aliphatic carbocycles. The van der Waals surface area contributed by atoms with Crippen LogP contribution in [0.1, 0.15) is 47.0 Å². The van der Waals surface area contributed by atoms with Crippen molar-refractivity contribution in [1.82, 2.24) is 14.7 Å². The molecule has 3 rings (SSSR count). The van der Waals surface area contributed by atoms with Crippen molar-refractivity contribution in [2.24, 2.45) is 11.3 Å². The first-order chi connectivity index (χ1) is 9.97. The van der Waals surface area contributed by atoms with Crippen LogP contribution in [0.15, 0.2) is 0 Å². The Bertz CT molecular complexity index is 338. The van der Waals surface area contributed by atoms with Gasteiger partial charge >= 0.3 is 0 Å². The Labute approximate surface area is 131 Å². The van der Waals surface area contributed by atoms with Gasteiger partial charge in [0.2, 0.25) is 0 Å². The summed E-state index contributed by atoms with van der Waals surface area (Å²) >= 11 is 0. The second-order valence-corrected chi connectivity index (χ2v) is 8.56. The predicted octanol–water partition coefficient (Wildman–Crippen LogP) is 2.52. The highest BCUT2D eigenvalue weighted by atomic mass is 15.3. The van der Waals surface area contributed by atoms with E-state index in [-0.39, 0.29) is 0 Å². The summed E-state index contributed by atoms with van der Waals surface area (Å²) < 4.78 is 0. The SMILES string of the molecule is CC(C)N1CCC(CN2CCC3(C2)CN(C(C)C)C3)CC1. The first kappa shape index (κ1) is 15.8. The number of likely N-dealkylation sites (tertiary alicyclic amines) is 3. The summed E-state index contributed by atoms with van der Waals surface area (Å²) in [7, 11) is 0. The molecule has 0 saturated carbocycles. The second kappa shape index (κ2) is 6.17. The number of hydrogen-bond donors (Lipinski definition) is 0. The lowest BCUT2D eigenvalue weighted by molar-refractivity contribution is -0.0155. The Kier molecular flexibility index (Phi) is 4.63. The number of piperidine rings is 1.